The largest absolute Gasteiger partial charge is 0.340 e. The highest BCUT2D eigenvalue weighted by molar-refractivity contribution is 7.13. The van der Waals surface area contributed by atoms with Crippen LogP contribution in [0.1, 0.15) is 27.7 Å². The average molecular weight is 425 g/mol. The van der Waals surface area contributed by atoms with Gasteiger partial charge in [-0.05, 0) is 41.5 Å². The summed E-state index contributed by atoms with van der Waals surface area (Å²) in [6, 6.07) is 12.2. The lowest BCUT2D eigenvalue weighted by molar-refractivity contribution is 0.0938. The summed E-state index contributed by atoms with van der Waals surface area (Å²) in [6.45, 7) is 0. The van der Waals surface area contributed by atoms with E-state index in [-0.39, 0.29) is 5.69 Å². The number of pyridine rings is 1. The van der Waals surface area contributed by atoms with Crippen molar-refractivity contribution >= 4 is 17.2 Å². The highest BCUT2D eigenvalue weighted by Crippen LogP contribution is 2.27. The lowest BCUT2D eigenvalue weighted by Crippen LogP contribution is -2.29. The van der Waals surface area contributed by atoms with Gasteiger partial charge in [-0.25, -0.2) is 18.2 Å². The van der Waals surface area contributed by atoms with E-state index in [9.17, 15) is 18.0 Å². The minimum absolute atomic E-state index is 0.0923. The molecule has 2 aromatic carbocycles. The molecule has 1 N–H and O–H groups in total. The van der Waals surface area contributed by atoms with Gasteiger partial charge in [0.1, 0.15) is 16.5 Å². The number of hydrogen-bond acceptors (Lipinski definition) is 4. The molecular weight excluding hydrogens is 411 g/mol. The third-order valence-corrected chi connectivity index (χ3v) is 5.29. The SMILES string of the molecule is O=C(NC(c1cccnc1)c1ccc(F)c(F)c1)c1csc(-c2ccccc2F)n1. The number of nitrogens with one attached hydrogen (secondary N) is 1. The summed E-state index contributed by atoms with van der Waals surface area (Å²) in [4.78, 5) is 21.1. The smallest absolute Gasteiger partial charge is 0.271 e. The van der Waals surface area contributed by atoms with Crippen molar-refractivity contribution in [2.75, 3.05) is 0 Å². The number of nitrogens with zero attached hydrogens (tertiary/aromatic N) is 2. The molecule has 0 spiro atoms. The van der Waals surface area contributed by atoms with E-state index in [0.29, 0.717) is 21.7 Å². The third-order valence-electron chi connectivity index (χ3n) is 4.41. The Kier molecular flexibility index (Phi) is 5.58. The first-order chi connectivity index (χ1) is 14.5. The fourth-order valence-corrected chi connectivity index (χ4v) is 3.77. The first-order valence-electron chi connectivity index (χ1n) is 8.89. The Bertz CT molecular complexity index is 1200. The molecule has 30 heavy (non-hydrogen) atoms. The van der Waals surface area contributed by atoms with E-state index in [1.807, 2.05) is 0 Å². The molecular formula is C22H14F3N3OS. The van der Waals surface area contributed by atoms with Gasteiger partial charge >= 0.3 is 0 Å². The van der Waals surface area contributed by atoms with Gasteiger partial charge in [0.25, 0.3) is 5.91 Å². The summed E-state index contributed by atoms with van der Waals surface area (Å²) >= 11 is 1.13. The Morgan fingerprint density at radius 3 is 2.50 bits per heavy atom. The second-order valence-corrected chi connectivity index (χ2v) is 7.24. The number of thiazole rings is 1. The van der Waals surface area contributed by atoms with Crippen molar-refractivity contribution in [3.05, 3.63) is 107 Å². The van der Waals surface area contributed by atoms with E-state index in [0.717, 1.165) is 23.5 Å². The number of rotatable bonds is 5. The fraction of sp³-hybridized carbons (Fsp3) is 0.0455. The molecule has 4 aromatic rings. The maximum Gasteiger partial charge on any atom is 0.271 e. The second-order valence-electron chi connectivity index (χ2n) is 6.38. The Balaban J connectivity index is 1.64. The van der Waals surface area contributed by atoms with E-state index in [4.69, 9.17) is 0 Å². The van der Waals surface area contributed by atoms with Gasteiger partial charge in [0, 0.05) is 23.3 Å². The standard InChI is InChI=1S/C22H14F3N3OS/c23-16-6-2-1-5-15(16)22-27-19(12-30-22)21(29)28-20(14-4-3-9-26-11-14)13-7-8-17(24)18(25)10-13/h1-12,20H,(H,28,29). The summed E-state index contributed by atoms with van der Waals surface area (Å²) in [5.74, 6) is -2.98. The molecule has 0 fully saturated rings. The molecule has 2 aromatic heterocycles. The molecule has 0 bridgehead atoms. The van der Waals surface area contributed by atoms with Crippen molar-refractivity contribution in [2.24, 2.45) is 0 Å². The van der Waals surface area contributed by atoms with Crippen LogP contribution in [0.4, 0.5) is 13.2 Å². The number of benzene rings is 2. The molecule has 0 aliphatic carbocycles. The van der Waals surface area contributed by atoms with Crippen LogP contribution >= 0.6 is 11.3 Å². The van der Waals surface area contributed by atoms with Crippen LogP contribution in [-0.2, 0) is 0 Å². The Hall–Kier alpha value is -3.52. The molecule has 1 amide bonds. The van der Waals surface area contributed by atoms with E-state index in [1.54, 1.807) is 36.5 Å². The van der Waals surface area contributed by atoms with E-state index in [1.165, 1.54) is 23.7 Å². The zero-order chi connectivity index (χ0) is 21.1. The lowest BCUT2D eigenvalue weighted by Gasteiger charge is -2.19. The van der Waals surface area contributed by atoms with Gasteiger partial charge < -0.3 is 5.32 Å². The monoisotopic (exact) mass is 425 g/mol. The minimum atomic E-state index is -1.02. The predicted molar refractivity (Wildman–Crippen MR) is 107 cm³/mol. The number of amides is 1. The van der Waals surface area contributed by atoms with Gasteiger partial charge in [0.2, 0.25) is 0 Å². The van der Waals surface area contributed by atoms with E-state index >= 15 is 0 Å². The van der Waals surface area contributed by atoms with Crippen molar-refractivity contribution in [1.82, 2.24) is 15.3 Å². The topological polar surface area (TPSA) is 54.9 Å². The number of carbonyl (C=O) groups is 1. The lowest BCUT2D eigenvalue weighted by atomic mass is 9.99. The van der Waals surface area contributed by atoms with Gasteiger partial charge in [0.15, 0.2) is 11.6 Å². The fourth-order valence-electron chi connectivity index (χ4n) is 2.94. The molecule has 0 saturated heterocycles. The summed E-state index contributed by atoms with van der Waals surface area (Å²) in [7, 11) is 0. The van der Waals surface area contributed by atoms with Gasteiger partial charge in [-0.2, -0.15) is 0 Å². The Labute approximate surface area is 174 Å². The normalized spacial score (nSPS) is 11.8. The van der Waals surface area contributed by atoms with Crippen molar-refractivity contribution in [3.63, 3.8) is 0 Å². The highest BCUT2D eigenvalue weighted by atomic mass is 32.1. The van der Waals surface area contributed by atoms with Crippen molar-refractivity contribution in [2.45, 2.75) is 6.04 Å². The van der Waals surface area contributed by atoms with Crippen LogP contribution in [0.2, 0.25) is 0 Å². The molecule has 8 heteroatoms. The first kappa shape index (κ1) is 19.8. The van der Waals surface area contributed by atoms with Gasteiger partial charge in [-0.15, -0.1) is 11.3 Å². The Morgan fingerprint density at radius 1 is 0.933 bits per heavy atom. The van der Waals surface area contributed by atoms with Gasteiger partial charge in [-0.3, -0.25) is 9.78 Å². The molecule has 2 heterocycles. The molecule has 0 radical (unpaired) electrons. The van der Waals surface area contributed by atoms with Crippen LogP contribution < -0.4 is 5.32 Å². The Morgan fingerprint density at radius 2 is 1.77 bits per heavy atom. The van der Waals surface area contributed by atoms with Crippen LogP contribution in [0.5, 0.6) is 0 Å². The number of halogens is 3. The van der Waals surface area contributed by atoms with Crippen molar-refractivity contribution in [1.29, 1.82) is 0 Å². The molecule has 1 unspecified atom stereocenters. The molecule has 4 nitrogen and oxygen atoms in total. The summed E-state index contributed by atoms with van der Waals surface area (Å²) < 4.78 is 41.2. The van der Waals surface area contributed by atoms with Crippen LogP contribution in [0.3, 0.4) is 0 Å². The summed E-state index contributed by atoms with van der Waals surface area (Å²) in [5, 5.41) is 4.66. The molecule has 0 aliphatic heterocycles. The van der Waals surface area contributed by atoms with Gasteiger partial charge in [0.05, 0.1) is 6.04 Å². The molecule has 0 saturated carbocycles. The third kappa shape index (κ3) is 4.08. The van der Waals surface area contributed by atoms with Crippen LogP contribution in [0, 0.1) is 17.5 Å². The van der Waals surface area contributed by atoms with Crippen LogP contribution in [-0.4, -0.2) is 15.9 Å². The molecule has 150 valence electrons. The predicted octanol–water partition coefficient (Wildman–Crippen LogP) is 5.14. The quantitative estimate of drug-likeness (QED) is 0.482. The number of aromatic nitrogens is 2. The van der Waals surface area contributed by atoms with E-state index < -0.39 is 29.4 Å². The summed E-state index contributed by atoms with van der Waals surface area (Å²) in [5.41, 5.74) is 1.32. The maximum atomic E-state index is 14.0. The molecule has 4 rings (SSSR count). The minimum Gasteiger partial charge on any atom is -0.340 e. The van der Waals surface area contributed by atoms with Crippen molar-refractivity contribution < 1.29 is 18.0 Å². The number of carbonyl (C=O) groups excluding carboxylic acids is 1. The second kappa shape index (κ2) is 8.46. The van der Waals surface area contributed by atoms with Gasteiger partial charge in [-0.1, -0.05) is 24.3 Å². The zero-order valence-corrected chi connectivity index (χ0v) is 16.2. The van der Waals surface area contributed by atoms with Crippen LogP contribution in [0.25, 0.3) is 10.6 Å². The van der Waals surface area contributed by atoms with Crippen molar-refractivity contribution in [3.8, 4) is 10.6 Å². The maximum absolute atomic E-state index is 14.0. The van der Waals surface area contributed by atoms with Crippen LogP contribution in [0.15, 0.2) is 72.4 Å². The number of hydrogen-bond donors (Lipinski definition) is 1. The molecule has 1 atom stereocenters. The average Bonchev–Trinajstić information content (AvgIpc) is 3.25. The highest BCUT2D eigenvalue weighted by Gasteiger charge is 2.21. The molecule has 0 aliphatic rings. The van der Waals surface area contributed by atoms with E-state index in [2.05, 4.69) is 15.3 Å². The summed E-state index contributed by atoms with van der Waals surface area (Å²) in [6.07, 6.45) is 3.09. The zero-order valence-electron chi connectivity index (χ0n) is 15.4. The first-order valence-corrected chi connectivity index (χ1v) is 9.77.